The predicted octanol–water partition coefficient (Wildman–Crippen LogP) is 5.51. The van der Waals surface area contributed by atoms with E-state index in [1.165, 1.54) is 18.2 Å². The standard InChI is InChI=1S/C23H19ClN4O3/c1-14-11-17(16(3)27(14)19-7-9-20(10-8-19)28(30)31)12-18(13-25)23(29)26-22-6-4-5-21(24)15(22)2/h4-12H,1-3H3,(H,26,29)/b18-12+. The summed E-state index contributed by atoms with van der Waals surface area (Å²) in [5.74, 6) is -0.534. The van der Waals surface area contributed by atoms with Crippen LogP contribution in [0.4, 0.5) is 11.4 Å². The lowest BCUT2D eigenvalue weighted by atomic mass is 10.1. The summed E-state index contributed by atoms with van der Waals surface area (Å²) in [6, 6.07) is 15.2. The number of nitrogens with zero attached hydrogens (tertiary/aromatic N) is 3. The van der Waals surface area contributed by atoms with Gasteiger partial charge >= 0.3 is 0 Å². The molecule has 2 aromatic carbocycles. The minimum Gasteiger partial charge on any atom is -0.321 e. The van der Waals surface area contributed by atoms with E-state index in [1.54, 1.807) is 37.3 Å². The van der Waals surface area contributed by atoms with Crippen LogP contribution >= 0.6 is 11.6 Å². The fourth-order valence-electron chi connectivity index (χ4n) is 3.29. The molecule has 0 saturated carbocycles. The summed E-state index contributed by atoms with van der Waals surface area (Å²) in [6.07, 6.45) is 1.53. The average Bonchev–Trinajstić information content (AvgIpc) is 3.02. The fourth-order valence-corrected chi connectivity index (χ4v) is 3.47. The van der Waals surface area contributed by atoms with E-state index in [-0.39, 0.29) is 11.3 Å². The third-order valence-corrected chi connectivity index (χ3v) is 5.38. The largest absolute Gasteiger partial charge is 0.321 e. The molecule has 1 aromatic heterocycles. The Morgan fingerprint density at radius 3 is 2.48 bits per heavy atom. The lowest BCUT2D eigenvalue weighted by molar-refractivity contribution is -0.384. The van der Waals surface area contributed by atoms with Gasteiger partial charge in [-0.2, -0.15) is 5.26 Å². The highest BCUT2D eigenvalue weighted by atomic mass is 35.5. The molecule has 0 radical (unpaired) electrons. The van der Waals surface area contributed by atoms with Crippen LogP contribution < -0.4 is 5.32 Å². The van der Waals surface area contributed by atoms with Crippen molar-refractivity contribution in [1.82, 2.24) is 4.57 Å². The Kier molecular flexibility index (Phi) is 6.23. The molecule has 8 heteroatoms. The van der Waals surface area contributed by atoms with Crippen LogP contribution in [0.15, 0.2) is 54.1 Å². The normalized spacial score (nSPS) is 11.1. The van der Waals surface area contributed by atoms with Gasteiger partial charge in [-0.05, 0) is 68.3 Å². The first kappa shape index (κ1) is 21.8. The van der Waals surface area contributed by atoms with E-state index in [0.29, 0.717) is 21.8 Å². The Balaban J connectivity index is 1.94. The molecule has 0 aliphatic heterocycles. The monoisotopic (exact) mass is 434 g/mol. The Hall–Kier alpha value is -3.89. The zero-order chi connectivity index (χ0) is 22.7. The molecule has 31 heavy (non-hydrogen) atoms. The van der Waals surface area contributed by atoms with Gasteiger partial charge in [0.05, 0.1) is 4.92 Å². The Bertz CT molecular complexity index is 1250. The molecule has 1 amide bonds. The summed E-state index contributed by atoms with van der Waals surface area (Å²) in [4.78, 5) is 23.1. The number of nitriles is 1. The first-order chi connectivity index (χ1) is 14.7. The van der Waals surface area contributed by atoms with Crippen LogP contribution in [0.2, 0.25) is 5.02 Å². The molecule has 0 unspecified atom stereocenters. The number of nitro groups is 1. The lowest BCUT2D eigenvalue weighted by Gasteiger charge is -2.10. The first-order valence-corrected chi connectivity index (χ1v) is 9.72. The number of hydrogen-bond acceptors (Lipinski definition) is 4. The van der Waals surface area contributed by atoms with Crippen molar-refractivity contribution in [3.63, 3.8) is 0 Å². The fraction of sp³-hybridized carbons (Fsp3) is 0.130. The summed E-state index contributed by atoms with van der Waals surface area (Å²) in [6.45, 7) is 5.52. The maximum atomic E-state index is 12.7. The Morgan fingerprint density at radius 1 is 1.19 bits per heavy atom. The van der Waals surface area contributed by atoms with Crippen LogP contribution in [0, 0.1) is 42.2 Å². The highest BCUT2D eigenvalue weighted by molar-refractivity contribution is 6.31. The van der Waals surface area contributed by atoms with Gasteiger partial charge in [-0.3, -0.25) is 14.9 Å². The number of non-ortho nitro benzene ring substituents is 1. The molecule has 3 rings (SSSR count). The smallest absolute Gasteiger partial charge is 0.269 e. The van der Waals surface area contributed by atoms with Crippen LogP contribution in [-0.2, 0) is 4.79 Å². The van der Waals surface area contributed by atoms with Crippen molar-refractivity contribution >= 4 is 35.0 Å². The molecule has 0 atom stereocenters. The van der Waals surface area contributed by atoms with Crippen LogP contribution in [0.25, 0.3) is 11.8 Å². The maximum absolute atomic E-state index is 12.7. The van der Waals surface area contributed by atoms with E-state index in [1.807, 2.05) is 30.6 Å². The van der Waals surface area contributed by atoms with E-state index < -0.39 is 10.8 Å². The number of benzene rings is 2. The van der Waals surface area contributed by atoms with Gasteiger partial charge in [0.1, 0.15) is 11.6 Å². The first-order valence-electron chi connectivity index (χ1n) is 9.35. The van der Waals surface area contributed by atoms with Crippen LogP contribution in [0.1, 0.15) is 22.5 Å². The van der Waals surface area contributed by atoms with Crippen molar-refractivity contribution in [1.29, 1.82) is 5.26 Å². The second kappa shape index (κ2) is 8.86. The topological polar surface area (TPSA) is 101 Å². The number of carbonyl (C=O) groups excluding carboxylic acids is 1. The van der Waals surface area contributed by atoms with Crippen molar-refractivity contribution in [3.05, 3.63) is 91.8 Å². The summed E-state index contributed by atoms with van der Waals surface area (Å²) < 4.78 is 1.91. The average molecular weight is 435 g/mol. The van der Waals surface area contributed by atoms with Gasteiger partial charge in [0.2, 0.25) is 0 Å². The zero-order valence-corrected chi connectivity index (χ0v) is 17.9. The van der Waals surface area contributed by atoms with Gasteiger partial charge in [0.25, 0.3) is 11.6 Å². The predicted molar refractivity (Wildman–Crippen MR) is 120 cm³/mol. The number of halogens is 1. The number of aromatic nitrogens is 1. The Morgan fingerprint density at radius 2 is 1.87 bits per heavy atom. The molecule has 0 aliphatic rings. The van der Waals surface area contributed by atoms with E-state index in [2.05, 4.69) is 5.32 Å². The van der Waals surface area contributed by atoms with Gasteiger partial charge in [-0.15, -0.1) is 0 Å². The van der Waals surface area contributed by atoms with E-state index in [0.717, 1.165) is 17.1 Å². The number of amides is 1. The van der Waals surface area contributed by atoms with Gasteiger partial charge < -0.3 is 9.88 Å². The number of anilines is 1. The molecule has 0 bridgehead atoms. The number of rotatable bonds is 5. The van der Waals surface area contributed by atoms with Gasteiger partial charge in [0.15, 0.2) is 0 Å². The quantitative estimate of drug-likeness (QED) is 0.247. The van der Waals surface area contributed by atoms with Crippen LogP contribution in [0.5, 0.6) is 0 Å². The number of nitrogens with one attached hydrogen (secondary N) is 1. The van der Waals surface area contributed by atoms with Crippen molar-refractivity contribution in [2.75, 3.05) is 5.32 Å². The van der Waals surface area contributed by atoms with Crippen molar-refractivity contribution in [2.24, 2.45) is 0 Å². The highest BCUT2D eigenvalue weighted by Gasteiger charge is 2.15. The SMILES string of the molecule is Cc1c(Cl)cccc1NC(=O)/C(C#N)=C/c1cc(C)n(-c2ccc([N+](=O)[O-])cc2)c1C. The van der Waals surface area contributed by atoms with Crippen LogP contribution in [-0.4, -0.2) is 15.4 Å². The molecular weight excluding hydrogens is 416 g/mol. The van der Waals surface area contributed by atoms with Gasteiger partial charge in [-0.1, -0.05) is 17.7 Å². The number of carbonyl (C=O) groups is 1. The van der Waals surface area contributed by atoms with E-state index >= 15 is 0 Å². The van der Waals surface area contributed by atoms with Crippen molar-refractivity contribution < 1.29 is 9.72 Å². The molecule has 0 aliphatic carbocycles. The molecule has 156 valence electrons. The number of hydrogen-bond donors (Lipinski definition) is 1. The molecule has 0 saturated heterocycles. The molecule has 0 fully saturated rings. The summed E-state index contributed by atoms with van der Waals surface area (Å²) in [7, 11) is 0. The number of aryl methyl sites for hydroxylation is 1. The van der Waals surface area contributed by atoms with Crippen molar-refractivity contribution in [3.8, 4) is 11.8 Å². The summed E-state index contributed by atoms with van der Waals surface area (Å²) in [5, 5.41) is 23.7. The maximum Gasteiger partial charge on any atom is 0.269 e. The van der Waals surface area contributed by atoms with Gasteiger partial charge in [0, 0.05) is 39.9 Å². The molecule has 1 heterocycles. The minimum absolute atomic E-state index is 0.00563. The van der Waals surface area contributed by atoms with Crippen LogP contribution in [0.3, 0.4) is 0 Å². The van der Waals surface area contributed by atoms with E-state index in [9.17, 15) is 20.2 Å². The summed E-state index contributed by atoms with van der Waals surface area (Å²) >= 11 is 6.10. The summed E-state index contributed by atoms with van der Waals surface area (Å²) in [5.41, 5.74) is 4.31. The second-order valence-electron chi connectivity index (χ2n) is 6.97. The molecule has 7 nitrogen and oxygen atoms in total. The Labute approximate surface area is 184 Å². The second-order valence-corrected chi connectivity index (χ2v) is 7.38. The van der Waals surface area contributed by atoms with E-state index in [4.69, 9.17) is 11.6 Å². The third kappa shape index (κ3) is 4.49. The van der Waals surface area contributed by atoms with Crippen molar-refractivity contribution in [2.45, 2.75) is 20.8 Å². The number of nitro benzene ring substituents is 1. The van der Waals surface area contributed by atoms with Gasteiger partial charge in [-0.25, -0.2) is 0 Å². The lowest BCUT2D eigenvalue weighted by Crippen LogP contribution is -2.14. The third-order valence-electron chi connectivity index (χ3n) is 4.97. The molecule has 3 aromatic rings. The molecule has 1 N–H and O–H groups in total. The highest BCUT2D eigenvalue weighted by Crippen LogP contribution is 2.26. The molecular formula is C23H19ClN4O3. The molecule has 0 spiro atoms. The minimum atomic E-state index is -0.534. The zero-order valence-electron chi connectivity index (χ0n) is 17.1.